The van der Waals surface area contributed by atoms with E-state index in [1.54, 1.807) is 17.1 Å². The molecule has 9 rings (SSSR count). The number of amides is 3. The van der Waals surface area contributed by atoms with Crippen molar-refractivity contribution in [3.8, 4) is 0 Å². The van der Waals surface area contributed by atoms with Gasteiger partial charge in [-0.15, -0.1) is 0 Å². The largest absolute Gasteiger partial charge is 0.378 e. The molecular formula is C41H50F2N12O4. The number of nitrogens with zero attached hydrogens (tertiary/aromatic N) is 10. The first-order chi connectivity index (χ1) is 28.6. The summed E-state index contributed by atoms with van der Waals surface area (Å²) in [6.07, 6.45) is 8.26. The molecule has 18 heteroatoms. The first-order valence-electron chi connectivity index (χ1n) is 20.7. The van der Waals surface area contributed by atoms with Gasteiger partial charge in [0.2, 0.25) is 11.8 Å². The first kappa shape index (κ1) is 39.0. The van der Waals surface area contributed by atoms with E-state index in [0.717, 1.165) is 80.4 Å². The van der Waals surface area contributed by atoms with Gasteiger partial charge in [-0.05, 0) is 82.2 Å². The van der Waals surface area contributed by atoms with Gasteiger partial charge in [0, 0.05) is 75.7 Å². The summed E-state index contributed by atoms with van der Waals surface area (Å²) in [5, 5.41) is 19.3. The van der Waals surface area contributed by atoms with Gasteiger partial charge in [0.15, 0.2) is 11.3 Å². The highest BCUT2D eigenvalue weighted by molar-refractivity contribution is 6.08. The molecule has 1 saturated carbocycles. The summed E-state index contributed by atoms with van der Waals surface area (Å²) in [6.45, 7) is 5.38. The number of aryl methyl sites for hydroxylation is 1. The molecule has 7 heterocycles. The molecule has 4 fully saturated rings. The standard InChI is InChI=1S/C41H50F2N12O4/c1-50(26-11-14-52(15-12-26)28-7-8-29-33(21-28)51(2)48-36(29)30-9-10-35(56)47-40(30)57)23-25-3-5-27(6-4-25)55-24-32(37(49-55)38(42)43)45-41(58)31-22-44-54-16-13-34(46-39(31)54)53-17-19-59-20-18-53/h7-8,13,16,21-22,24-27,30,38H,3-6,9-12,14-15,17-20,23H2,1-2H3,(H,45,58)(H,47,56,57). The number of hydrogen-bond donors (Lipinski definition) is 2. The third kappa shape index (κ3) is 7.87. The lowest BCUT2D eigenvalue weighted by molar-refractivity contribution is -0.134. The van der Waals surface area contributed by atoms with Crippen LogP contribution in [0.3, 0.4) is 0 Å². The van der Waals surface area contributed by atoms with Crippen LogP contribution in [-0.2, 0) is 21.4 Å². The van der Waals surface area contributed by atoms with E-state index in [0.29, 0.717) is 62.6 Å². The Bertz CT molecular complexity index is 2350. The number of ether oxygens (including phenoxy) is 1. The molecule has 312 valence electrons. The highest BCUT2D eigenvalue weighted by Crippen LogP contribution is 2.37. The van der Waals surface area contributed by atoms with E-state index in [-0.39, 0.29) is 29.1 Å². The van der Waals surface area contributed by atoms with Crippen LogP contribution in [0.5, 0.6) is 0 Å². The van der Waals surface area contributed by atoms with Gasteiger partial charge in [-0.1, -0.05) is 0 Å². The Balaban J connectivity index is 0.779. The molecule has 1 aromatic carbocycles. The Kier molecular flexibility index (Phi) is 10.8. The Hall–Kier alpha value is -5.49. The summed E-state index contributed by atoms with van der Waals surface area (Å²) in [5.74, 6) is -0.310. The number of piperidine rings is 2. The maximum atomic E-state index is 14.3. The highest BCUT2D eigenvalue weighted by atomic mass is 19.3. The van der Waals surface area contributed by atoms with Crippen molar-refractivity contribution in [3.05, 3.63) is 59.8 Å². The van der Waals surface area contributed by atoms with Crippen LogP contribution in [0.2, 0.25) is 0 Å². The first-order valence-corrected chi connectivity index (χ1v) is 20.7. The van der Waals surface area contributed by atoms with Crippen molar-refractivity contribution in [1.29, 1.82) is 0 Å². The van der Waals surface area contributed by atoms with Gasteiger partial charge in [-0.25, -0.2) is 18.3 Å². The second-order valence-corrected chi connectivity index (χ2v) is 16.4. The molecule has 1 unspecified atom stereocenters. The van der Waals surface area contributed by atoms with Crippen molar-refractivity contribution < 1.29 is 27.9 Å². The zero-order valence-corrected chi connectivity index (χ0v) is 33.4. The summed E-state index contributed by atoms with van der Waals surface area (Å²) >= 11 is 0. The van der Waals surface area contributed by atoms with E-state index in [1.807, 2.05) is 17.8 Å². The molecule has 1 atom stereocenters. The minimum absolute atomic E-state index is 0.000832. The molecule has 4 aromatic heterocycles. The zero-order valence-electron chi connectivity index (χ0n) is 33.4. The minimum atomic E-state index is -2.85. The van der Waals surface area contributed by atoms with Gasteiger partial charge < -0.3 is 24.8 Å². The quantitative estimate of drug-likeness (QED) is 0.189. The lowest BCUT2D eigenvalue weighted by Gasteiger charge is -2.40. The summed E-state index contributed by atoms with van der Waals surface area (Å²) in [7, 11) is 4.11. The van der Waals surface area contributed by atoms with Gasteiger partial charge in [-0.3, -0.25) is 29.1 Å². The predicted octanol–water partition coefficient (Wildman–Crippen LogP) is 4.69. The number of nitrogens with one attached hydrogen (secondary N) is 2. The molecule has 1 aliphatic carbocycles. The molecule has 2 N–H and O–H groups in total. The smallest absolute Gasteiger partial charge is 0.284 e. The maximum absolute atomic E-state index is 14.3. The normalized spacial score (nSPS) is 22.2. The van der Waals surface area contributed by atoms with Crippen LogP contribution in [0.4, 0.5) is 26.0 Å². The average molecular weight is 813 g/mol. The van der Waals surface area contributed by atoms with Crippen molar-refractivity contribution in [1.82, 2.24) is 44.4 Å². The minimum Gasteiger partial charge on any atom is -0.378 e. The SMILES string of the molecule is CN(CC1CCC(n2cc(NC(=O)c3cnn4ccc(N5CCOCC5)nc34)c(C(F)F)n2)CC1)C1CCN(c2ccc3c(C4CCC(=O)NC4=O)nn(C)c3c2)CC1. The monoisotopic (exact) mass is 812 g/mol. The van der Waals surface area contributed by atoms with Crippen LogP contribution < -0.4 is 20.4 Å². The van der Waals surface area contributed by atoms with E-state index in [2.05, 4.69) is 65.8 Å². The number of morpholine rings is 1. The Morgan fingerprint density at radius 2 is 1.78 bits per heavy atom. The van der Waals surface area contributed by atoms with Crippen LogP contribution in [0.15, 0.2) is 42.9 Å². The molecule has 3 aliphatic heterocycles. The fraction of sp³-hybridized carbons (Fsp3) is 0.537. The summed E-state index contributed by atoms with van der Waals surface area (Å²) in [5.41, 5.74) is 2.92. The molecule has 0 spiro atoms. The highest BCUT2D eigenvalue weighted by Gasteiger charge is 2.33. The molecule has 0 radical (unpaired) electrons. The van der Waals surface area contributed by atoms with E-state index in [9.17, 15) is 23.2 Å². The number of aromatic nitrogens is 7. The van der Waals surface area contributed by atoms with E-state index >= 15 is 0 Å². The number of anilines is 3. The van der Waals surface area contributed by atoms with E-state index < -0.39 is 23.9 Å². The van der Waals surface area contributed by atoms with Gasteiger partial charge in [0.1, 0.15) is 11.4 Å². The van der Waals surface area contributed by atoms with Crippen LogP contribution in [0, 0.1) is 5.92 Å². The van der Waals surface area contributed by atoms with Crippen molar-refractivity contribution in [3.63, 3.8) is 0 Å². The molecular weight excluding hydrogens is 763 g/mol. The van der Waals surface area contributed by atoms with Crippen LogP contribution >= 0.6 is 0 Å². The van der Waals surface area contributed by atoms with Crippen molar-refractivity contribution in [2.75, 3.05) is 68.1 Å². The second kappa shape index (κ2) is 16.3. The van der Waals surface area contributed by atoms with Gasteiger partial charge in [0.25, 0.3) is 12.3 Å². The van der Waals surface area contributed by atoms with Gasteiger partial charge >= 0.3 is 0 Å². The summed E-state index contributed by atoms with van der Waals surface area (Å²) in [4.78, 5) is 49.4. The number of hydrogen-bond acceptors (Lipinski definition) is 11. The molecule has 3 saturated heterocycles. The average Bonchev–Trinajstić information content (AvgIpc) is 3.96. The molecule has 0 bridgehead atoms. The van der Waals surface area contributed by atoms with Crippen molar-refractivity contribution in [2.24, 2.45) is 13.0 Å². The number of alkyl halides is 2. The lowest BCUT2D eigenvalue weighted by atomic mass is 9.85. The second-order valence-electron chi connectivity index (χ2n) is 16.4. The summed E-state index contributed by atoms with van der Waals surface area (Å²) < 4.78 is 39.0. The number of carbonyl (C=O) groups excluding carboxylic acids is 3. The Morgan fingerprint density at radius 3 is 2.53 bits per heavy atom. The van der Waals surface area contributed by atoms with Gasteiger partial charge in [0.05, 0.1) is 48.3 Å². The third-order valence-corrected chi connectivity index (χ3v) is 12.8. The van der Waals surface area contributed by atoms with Crippen LogP contribution in [0.1, 0.15) is 91.5 Å². The zero-order chi connectivity index (χ0) is 40.8. The lowest BCUT2D eigenvalue weighted by Crippen LogP contribution is -2.45. The summed E-state index contributed by atoms with van der Waals surface area (Å²) in [6, 6.07) is 8.59. The van der Waals surface area contributed by atoms with Crippen molar-refractivity contribution >= 4 is 51.5 Å². The predicted molar refractivity (Wildman–Crippen MR) is 216 cm³/mol. The Labute approximate surface area is 339 Å². The number of imide groups is 1. The van der Waals surface area contributed by atoms with Crippen LogP contribution in [0.25, 0.3) is 16.6 Å². The van der Waals surface area contributed by atoms with E-state index in [1.165, 1.54) is 10.7 Å². The molecule has 16 nitrogen and oxygen atoms in total. The maximum Gasteiger partial charge on any atom is 0.284 e. The number of fused-ring (bicyclic) bond motifs is 2. The topological polar surface area (TPSA) is 160 Å². The van der Waals surface area contributed by atoms with Gasteiger partial charge in [-0.2, -0.15) is 15.3 Å². The number of halogens is 2. The van der Waals surface area contributed by atoms with Crippen molar-refractivity contribution in [2.45, 2.75) is 75.8 Å². The molecule has 59 heavy (non-hydrogen) atoms. The molecule has 3 amide bonds. The number of carbonyl (C=O) groups is 3. The fourth-order valence-corrected chi connectivity index (χ4v) is 9.42. The number of benzene rings is 1. The number of rotatable bonds is 10. The molecule has 5 aromatic rings. The Morgan fingerprint density at radius 1 is 1.00 bits per heavy atom. The molecule has 4 aliphatic rings. The van der Waals surface area contributed by atoms with Crippen LogP contribution in [-0.4, -0.2) is 116 Å². The van der Waals surface area contributed by atoms with E-state index in [4.69, 9.17) is 9.84 Å². The third-order valence-electron chi connectivity index (χ3n) is 12.8. The fourth-order valence-electron chi connectivity index (χ4n) is 9.42.